The van der Waals surface area contributed by atoms with E-state index in [-0.39, 0.29) is 0 Å². The number of pyridine rings is 1. The SMILES string of the molecule is Nc1nn(CCc2cccnc2)c2ccccc12. The monoisotopic (exact) mass is 238 g/mol. The largest absolute Gasteiger partial charge is 0.382 e. The van der Waals surface area contributed by atoms with Crippen molar-refractivity contribution >= 4 is 16.7 Å². The van der Waals surface area contributed by atoms with Gasteiger partial charge in [0.15, 0.2) is 5.82 Å². The van der Waals surface area contributed by atoms with Crippen molar-refractivity contribution in [2.45, 2.75) is 13.0 Å². The molecule has 0 unspecified atom stereocenters. The average Bonchev–Trinajstić information content (AvgIpc) is 2.75. The topological polar surface area (TPSA) is 56.7 Å². The van der Waals surface area contributed by atoms with Crippen LogP contribution in [0.2, 0.25) is 0 Å². The summed E-state index contributed by atoms with van der Waals surface area (Å²) >= 11 is 0. The minimum Gasteiger partial charge on any atom is -0.382 e. The standard InChI is InChI=1S/C14H14N4/c15-14-12-5-1-2-6-13(12)18(17-14)9-7-11-4-3-8-16-10-11/h1-6,8,10H,7,9H2,(H2,15,17). The van der Waals surface area contributed by atoms with E-state index in [1.165, 1.54) is 5.56 Å². The van der Waals surface area contributed by atoms with Crippen LogP contribution in [0.5, 0.6) is 0 Å². The molecule has 0 saturated heterocycles. The van der Waals surface area contributed by atoms with Gasteiger partial charge in [-0.25, -0.2) is 0 Å². The van der Waals surface area contributed by atoms with Crippen molar-refractivity contribution < 1.29 is 0 Å². The minimum absolute atomic E-state index is 0.594. The number of nitrogens with two attached hydrogens (primary N) is 1. The van der Waals surface area contributed by atoms with Crippen LogP contribution in [0, 0.1) is 0 Å². The number of rotatable bonds is 3. The third-order valence-electron chi connectivity index (χ3n) is 3.02. The van der Waals surface area contributed by atoms with Crippen LogP contribution in [-0.4, -0.2) is 14.8 Å². The highest BCUT2D eigenvalue weighted by atomic mass is 15.3. The molecule has 0 bridgehead atoms. The Morgan fingerprint density at radius 3 is 2.83 bits per heavy atom. The Hall–Kier alpha value is -2.36. The maximum Gasteiger partial charge on any atom is 0.153 e. The van der Waals surface area contributed by atoms with Crippen molar-refractivity contribution in [1.29, 1.82) is 0 Å². The summed E-state index contributed by atoms with van der Waals surface area (Å²) in [7, 11) is 0. The lowest BCUT2D eigenvalue weighted by Crippen LogP contribution is -2.03. The Morgan fingerprint density at radius 1 is 1.11 bits per heavy atom. The highest BCUT2D eigenvalue weighted by molar-refractivity contribution is 5.88. The molecule has 0 aliphatic heterocycles. The Balaban J connectivity index is 1.87. The lowest BCUT2D eigenvalue weighted by molar-refractivity contribution is 0.637. The van der Waals surface area contributed by atoms with Crippen LogP contribution in [-0.2, 0) is 13.0 Å². The Morgan fingerprint density at radius 2 is 2.00 bits per heavy atom. The normalized spacial score (nSPS) is 10.9. The maximum absolute atomic E-state index is 5.90. The molecule has 4 heteroatoms. The zero-order valence-electron chi connectivity index (χ0n) is 9.95. The summed E-state index contributed by atoms with van der Waals surface area (Å²) < 4.78 is 1.96. The molecule has 0 aliphatic rings. The lowest BCUT2D eigenvalue weighted by atomic mass is 10.2. The molecule has 0 atom stereocenters. The summed E-state index contributed by atoms with van der Waals surface area (Å²) in [5.74, 6) is 0.594. The molecule has 0 aliphatic carbocycles. The van der Waals surface area contributed by atoms with E-state index < -0.39 is 0 Å². The number of para-hydroxylation sites is 1. The van der Waals surface area contributed by atoms with Gasteiger partial charge in [-0.2, -0.15) is 5.10 Å². The van der Waals surface area contributed by atoms with Gasteiger partial charge in [-0.05, 0) is 30.2 Å². The van der Waals surface area contributed by atoms with Gasteiger partial charge in [0.2, 0.25) is 0 Å². The van der Waals surface area contributed by atoms with E-state index in [4.69, 9.17) is 5.73 Å². The summed E-state index contributed by atoms with van der Waals surface area (Å²) in [4.78, 5) is 4.11. The quantitative estimate of drug-likeness (QED) is 0.761. The van der Waals surface area contributed by atoms with Crippen LogP contribution < -0.4 is 5.73 Å². The minimum atomic E-state index is 0.594. The van der Waals surface area contributed by atoms with E-state index in [2.05, 4.69) is 16.1 Å². The van der Waals surface area contributed by atoms with Gasteiger partial charge < -0.3 is 5.73 Å². The molecule has 0 fully saturated rings. The van der Waals surface area contributed by atoms with E-state index in [0.717, 1.165) is 23.9 Å². The molecule has 0 saturated carbocycles. The highest BCUT2D eigenvalue weighted by Crippen LogP contribution is 2.20. The summed E-state index contributed by atoms with van der Waals surface area (Å²) in [6.07, 6.45) is 4.57. The van der Waals surface area contributed by atoms with Gasteiger partial charge in [-0.3, -0.25) is 9.67 Å². The Labute approximate surface area is 105 Å². The summed E-state index contributed by atoms with van der Waals surface area (Å²) in [6, 6.07) is 12.0. The van der Waals surface area contributed by atoms with Crippen molar-refractivity contribution in [3.63, 3.8) is 0 Å². The molecule has 3 rings (SSSR count). The predicted octanol–water partition coefficient (Wildman–Crippen LogP) is 2.26. The zero-order chi connectivity index (χ0) is 12.4. The zero-order valence-corrected chi connectivity index (χ0v) is 9.95. The van der Waals surface area contributed by atoms with Gasteiger partial charge in [0.1, 0.15) is 0 Å². The van der Waals surface area contributed by atoms with Crippen LogP contribution in [0.1, 0.15) is 5.56 Å². The molecule has 0 amide bonds. The molecule has 0 spiro atoms. The lowest BCUT2D eigenvalue weighted by Gasteiger charge is -2.03. The molecular weight excluding hydrogens is 224 g/mol. The highest BCUT2D eigenvalue weighted by Gasteiger charge is 2.06. The summed E-state index contributed by atoms with van der Waals surface area (Å²) in [5.41, 5.74) is 8.19. The number of hydrogen-bond donors (Lipinski definition) is 1. The van der Waals surface area contributed by atoms with Gasteiger partial charge in [-0.15, -0.1) is 0 Å². The van der Waals surface area contributed by atoms with E-state index in [9.17, 15) is 0 Å². The number of aryl methyl sites for hydroxylation is 2. The second-order valence-electron chi connectivity index (χ2n) is 4.24. The fourth-order valence-electron chi connectivity index (χ4n) is 2.10. The van der Waals surface area contributed by atoms with Crippen LogP contribution in [0.4, 0.5) is 5.82 Å². The molecule has 2 aromatic heterocycles. The number of nitrogen functional groups attached to an aromatic ring is 1. The van der Waals surface area contributed by atoms with Crippen molar-refractivity contribution in [2.75, 3.05) is 5.73 Å². The number of benzene rings is 1. The van der Waals surface area contributed by atoms with Crippen LogP contribution in [0.25, 0.3) is 10.9 Å². The molecule has 3 aromatic rings. The molecule has 2 N–H and O–H groups in total. The van der Waals surface area contributed by atoms with Crippen LogP contribution >= 0.6 is 0 Å². The number of fused-ring (bicyclic) bond motifs is 1. The van der Waals surface area contributed by atoms with E-state index in [0.29, 0.717) is 5.82 Å². The first kappa shape index (κ1) is 10.8. The number of hydrogen-bond acceptors (Lipinski definition) is 3. The van der Waals surface area contributed by atoms with Gasteiger partial charge >= 0.3 is 0 Å². The van der Waals surface area contributed by atoms with Crippen LogP contribution in [0.15, 0.2) is 48.8 Å². The average molecular weight is 238 g/mol. The first-order valence-electron chi connectivity index (χ1n) is 5.94. The van der Waals surface area contributed by atoms with E-state index in [1.54, 1.807) is 6.20 Å². The first-order chi connectivity index (χ1) is 8.84. The number of aromatic nitrogens is 3. The fourth-order valence-corrected chi connectivity index (χ4v) is 2.10. The molecule has 1 aromatic carbocycles. The third kappa shape index (κ3) is 1.93. The summed E-state index contributed by atoms with van der Waals surface area (Å²) in [5, 5.41) is 5.40. The van der Waals surface area contributed by atoms with Crippen molar-refractivity contribution in [3.05, 3.63) is 54.4 Å². The molecule has 0 radical (unpaired) electrons. The number of anilines is 1. The van der Waals surface area contributed by atoms with E-state index >= 15 is 0 Å². The van der Waals surface area contributed by atoms with Crippen molar-refractivity contribution in [2.24, 2.45) is 0 Å². The molecule has 2 heterocycles. The van der Waals surface area contributed by atoms with Gasteiger partial charge in [0.25, 0.3) is 0 Å². The van der Waals surface area contributed by atoms with Gasteiger partial charge in [0, 0.05) is 24.3 Å². The second kappa shape index (κ2) is 4.49. The van der Waals surface area contributed by atoms with Crippen LogP contribution in [0.3, 0.4) is 0 Å². The smallest absolute Gasteiger partial charge is 0.153 e. The molecular formula is C14H14N4. The van der Waals surface area contributed by atoms with Gasteiger partial charge in [-0.1, -0.05) is 18.2 Å². The molecule has 18 heavy (non-hydrogen) atoms. The Kier molecular flexibility index (Phi) is 2.68. The summed E-state index contributed by atoms with van der Waals surface area (Å²) in [6.45, 7) is 0.809. The second-order valence-corrected chi connectivity index (χ2v) is 4.24. The van der Waals surface area contributed by atoms with Gasteiger partial charge in [0.05, 0.1) is 5.52 Å². The predicted molar refractivity (Wildman–Crippen MR) is 72.1 cm³/mol. The Bertz CT molecular complexity index is 658. The van der Waals surface area contributed by atoms with Crippen molar-refractivity contribution in [3.8, 4) is 0 Å². The molecule has 90 valence electrons. The first-order valence-corrected chi connectivity index (χ1v) is 5.94. The maximum atomic E-state index is 5.90. The number of nitrogens with zero attached hydrogens (tertiary/aromatic N) is 3. The third-order valence-corrected chi connectivity index (χ3v) is 3.02. The molecule has 4 nitrogen and oxygen atoms in total. The van der Waals surface area contributed by atoms with E-state index in [1.807, 2.05) is 41.2 Å². The fraction of sp³-hybridized carbons (Fsp3) is 0.143. The van der Waals surface area contributed by atoms with Crippen molar-refractivity contribution in [1.82, 2.24) is 14.8 Å².